The van der Waals surface area contributed by atoms with Gasteiger partial charge in [-0.15, -0.1) is 0 Å². The van der Waals surface area contributed by atoms with Crippen LogP contribution in [0.3, 0.4) is 0 Å². The molecule has 0 aromatic heterocycles. The average Bonchev–Trinajstić information content (AvgIpc) is 2.46. The van der Waals surface area contributed by atoms with Crippen LogP contribution in [0.15, 0.2) is 40.9 Å². The summed E-state index contributed by atoms with van der Waals surface area (Å²) in [5.74, 6) is 0.590. The molecule has 0 aliphatic carbocycles. The number of ether oxygens (including phenoxy) is 1. The molecule has 2 rings (SSSR count). The fourth-order valence-corrected chi connectivity index (χ4v) is 2.25. The lowest BCUT2D eigenvalue weighted by Gasteiger charge is -2.13. The molecular weight excluding hydrogens is 333 g/mol. The van der Waals surface area contributed by atoms with Gasteiger partial charge < -0.3 is 10.1 Å². The molecule has 0 bridgehead atoms. The SMILES string of the molecule is CCCNCc1cccc(F)c1Oc1ccc(Br)c(C)c1. The average molecular weight is 352 g/mol. The first kappa shape index (κ1) is 16.0. The first-order valence-electron chi connectivity index (χ1n) is 7.04. The van der Waals surface area contributed by atoms with Gasteiger partial charge in [-0.25, -0.2) is 4.39 Å². The van der Waals surface area contributed by atoms with Gasteiger partial charge in [-0.2, -0.15) is 0 Å². The second kappa shape index (κ2) is 7.57. The van der Waals surface area contributed by atoms with Crippen molar-refractivity contribution in [2.75, 3.05) is 6.54 Å². The molecule has 0 amide bonds. The molecule has 0 fully saturated rings. The van der Waals surface area contributed by atoms with Crippen LogP contribution < -0.4 is 10.1 Å². The van der Waals surface area contributed by atoms with Gasteiger partial charge >= 0.3 is 0 Å². The van der Waals surface area contributed by atoms with Crippen molar-refractivity contribution in [1.82, 2.24) is 5.32 Å². The summed E-state index contributed by atoms with van der Waals surface area (Å²) >= 11 is 3.45. The van der Waals surface area contributed by atoms with Crippen molar-refractivity contribution in [1.29, 1.82) is 0 Å². The van der Waals surface area contributed by atoms with Crippen molar-refractivity contribution < 1.29 is 9.13 Å². The molecule has 2 aromatic rings. The number of hydrogen-bond donors (Lipinski definition) is 1. The quantitative estimate of drug-likeness (QED) is 0.723. The molecule has 0 aliphatic rings. The maximum atomic E-state index is 14.1. The van der Waals surface area contributed by atoms with Crippen LogP contribution in [-0.4, -0.2) is 6.54 Å². The third-order valence-corrected chi connectivity index (χ3v) is 4.03. The predicted molar refractivity (Wildman–Crippen MR) is 87.4 cm³/mol. The van der Waals surface area contributed by atoms with Gasteiger partial charge in [0.25, 0.3) is 0 Å². The Labute approximate surface area is 133 Å². The van der Waals surface area contributed by atoms with E-state index in [-0.39, 0.29) is 5.82 Å². The summed E-state index contributed by atoms with van der Waals surface area (Å²) in [6, 6.07) is 10.6. The molecule has 2 nitrogen and oxygen atoms in total. The van der Waals surface area contributed by atoms with E-state index in [1.165, 1.54) is 6.07 Å². The van der Waals surface area contributed by atoms with E-state index in [0.29, 0.717) is 18.0 Å². The molecule has 0 aliphatic heterocycles. The number of benzene rings is 2. The van der Waals surface area contributed by atoms with Gasteiger partial charge in [0.05, 0.1) is 0 Å². The van der Waals surface area contributed by atoms with E-state index >= 15 is 0 Å². The number of hydrogen-bond acceptors (Lipinski definition) is 2. The highest BCUT2D eigenvalue weighted by atomic mass is 79.9. The van der Waals surface area contributed by atoms with Gasteiger partial charge in [0.15, 0.2) is 11.6 Å². The molecule has 0 atom stereocenters. The van der Waals surface area contributed by atoms with Gasteiger partial charge in [-0.1, -0.05) is 35.0 Å². The van der Waals surface area contributed by atoms with Crippen molar-refractivity contribution in [3.05, 3.63) is 57.8 Å². The zero-order chi connectivity index (χ0) is 15.2. The third kappa shape index (κ3) is 4.29. The van der Waals surface area contributed by atoms with Crippen molar-refractivity contribution in [3.8, 4) is 11.5 Å². The van der Waals surface area contributed by atoms with Crippen LogP contribution in [0.2, 0.25) is 0 Å². The van der Waals surface area contributed by atoms with Crippen LogP contribution in [0.25, 0.3) is 0 Å². The van der Waals surface area contributed by atoms with Gasteiger partial charge in [0.1, 0.15) is 5.75 Å². The zero-order valence-electron chi connectivity index (χ0n) is 12.2. The summed E-state index contributed by atoms with van der Waals surface area (Å²) in [5, 5.41) is 3.27. The third-order valence-electron chi connectivity index (χ3n) is 3.14. The lowest BCUT2D eigenvalue weighted by atomic mass is 10.2. The van der Waals surface area contributed by atoms with E-state index < -0.39 is 0 Å². The number of rotatable bonds is 6. The smallest absolute Gasteiger partial charge is 0.167 e. The number of halogens is 2. The summed E-state index contributed by atoms with van der Waals surface area (Å²) in [4.78, 5) is 0. The molecule has 2 aromatic carbocycles. The summed E-state index contributed by atoms with van der Waals surface area (Å²) < 4.78 is 20.8. The van der Waals surface area contributed by atoms with Crippen LogP contribution in [0, 0.1) is 12.7 Å². The molecule has 1 N–H and O–H groups in total. The molecule has 112 valence electrons. The van der Waals surface area contributed by atoms with Crippen LogP contribution in [0.1, 0.15) is 24.5 Å². The second-order valence-electron chi connectivity index (χ2n) is 4.92. The summed E-state index contributed by atoms with van der Waals surface area (Å²) in [5.41, 5.74) is 1.87. The highest BCUT2D eigenvalue weighted by Crippen LogP contribution is 2.30. The monoisotopic (exact) mass is 351 g/mol. The Hall–Kier alpha value is -1.39. The molecule has 4 heteroatoms. The minimum atomic E-state index is -0.341. The zero-order valence-corrected chi connectivity index (χ0v) is 13.8. The molecule has 0 radical (unpaired) electrons. The lowest BCUT2D eigenvalue weighted by Crippen LogP contribution is -2.14. The lowest BCUT2D eigenvalue weighted by molar-refractivity contribution is 0.433. The van der Waals surface area contributed by atoms with Crippen molar-refractivity contribution in [2.45, 2.75) is 26.8 Å². The Morgan fingerprint density at radius 3 is 2.76 bits per heavy atom. The Bertz CT molecular complexity index is 616. The van der Waals surface area contributed by atoms with Crippen LogP contribution in [0.5, 0.6) is 11.5 Å². The predicted octanol–water partition coefficient (Wildman–Crippen LogP) is 5.19. The molecule has 0 spiro atoms. The minimum absolute atomic E-state index is 0.294. The first-order valence-corrected chi connectivity index (χ1v) is 7.83. The second-order valence-corrected chi connectivity index (χ2v) is 5.77. The summed E-state index contributed by atoms with van der Waals surface area (Å²) in [7, 11) is 0. The molecule has 0 saturated heterocycles. The standard InChI is InChI=1S/C17H19BrFNO/c1-3-9-20-11-13-5-4-6-16(19)17(13)21-14-7-8-15(18)12(2)10-14/h4-8,10,20H,3,9,11H2,1-2H3. The van der Waals surface area contributed by atoms with Crippen molar-refractivity contribution in [3.63, 3.8) is 0 Å². The topological polar surface area (TPSA) is 21.3 Å². The van der Waals surface area contributed by atoms with E-state index in [1.807, 2.05) is 31.2 Å². The minimum Gasteiger partial charge on any atom is -0.454 e. The Morgan fingerprint density at radius 1 is 1.24 bits per heavy atom. The van der Waals surface area contributed by atoms with Gasteiger partial charge in [-0.05, 0) is 49.7 Å². The van der Waals surface area contributed by atoms with E-state index in [2.05, 4.69) is 28.2 Å². The number of aryl methyl sites for hydroxylation is 1. The van der Waals surface area contributed by atoms with Crippen LogP contribution in [-0.2, 0) is 6.54 Å². The van der Waals surface area contributed by atoms with Crippen LogP contribution >= 0.6 is 15.9 Å². The number of para-hydroxylation sites is 1. The van der Waals surface area contributed by atoms with Gasteiger partial charge in [0.2, 0.25) is 0 Å². The Morgan fingerprint density at radius 2 is 2.05 bits per heavy atom. The van der Waals surface area contributed by atoms with E-state index in [1.54, 1.807) is 6.07 Å². The fourth-order valence-electron chi connectivity index (χ4n) is 2.01. The molecule has 21 heavy (non-hydrogen) atoms. The normalized spacial score (nSPS) is 10.7. The Kier molecular flexibility index (Phi) is 5.76. The molecule has 0 heterocycles. The van der Waals surface area contributed by atoms with E-state index in [4.69, 9.17) is 4.74 Å². The van der Waals surface area contributed by atoms with Gasteiger partial charge in [-0.3, -0.25) is 0 Å². The highest BCUT2D eigenvalue weighted by molar-refractivity contribution is 9.10. The largest absolute Gasteiger partial charge is 0.454 e. The summed E-state index contributed by atoms with van der Waals surface area (Å²) in [6.45, 7) is 5.56. The van der Waals surface area contributed by atoms with Crippen LogP contribution in [0.4, 0.5) is 4.39 Å². The molecular formula is C17H19BrFNO. The maximum absolute atomic E-state index is 14.1. The first-order chi connectivity index (χ1) is 10.1. The van der Waals surface area contributed by atoms with Crippen molar-refractivity contribution >= 4 is 15.9 Å². The van der Waals surface area contributed by atoms with Crippen molar-refractivity contribution in [2.24, 2.45) is 0 Å². The van der Waals surface area contributed by atoms with E-state index in [0.717, 1.165) is 28.6 Å². The molecule has 0 saturated carbocycles. The molecule has 0 unspecified atom stereocenters. The Balaban J connectivity index is 2.23. The number of nitrogens with one attached hydrogen (secondary N) is 1. The highest BCUT2D eigenvalue weighted by Gasteiger charge is 2.11. The van der Waals surface area contributed by atoms with E-state index in [9.17, 15) is 4.39 Å². The summed E-state index contributed by atoms with van der Waals surface area (Å²) in [6.07, 6.45) is 1.04. The van der Waals surface area contributed by atoms with Gasteiger partial charge in [0, 0.05) is 16.6 Å². The fraction of sp³-hybridized carbons (Fsp3) is 0.294. The maximum Gasteiger partial charge on any atom is 0.167 e.